The van der Waals surface area contributed by atoms with Gasteiger partial charge < -0.3 is 15.4 Å². The summed E-state index contributed by atoms with van der Waals surface area (Å²) in [6, 6.07) is 28.9. The van der Waals surface area contributed by atoms with Gasteiger partial charge in [-0.1, -0.05) is 93.2 Å². The number of nitrogens with zero attached hydrogens (tertiary/aromatic N) is 1. The second-order valence-electron chi connectivity index (χ2n) is 9.25. The van der Waals surface area contributed by atoms with E-state index < -0.39 is 5.92 Å². The summed E-state index contributed by atoms with van der Waals surface area (Å²) in [5.74, 6) is -0.667. The molecule has 0 heterocycles. The number of carbonyl (C=O) groups excluding carboxylic acids is 2. The molecule has 1 amide bonds. The predicted octanol–water partition coefficient (Wildman–Crippen LogP) is 5.55. The van der Waals surface area contributed by atoms with E-state index in [0.717, 1.165) is 23.0 Å². The van der Waals surface area contributed by atoms with Crippen LogP contribution >= 0.6 is 0 Å². The van der Waals surface area contributed by atoms with Crippen LogP contribution in [0.4, 0.5) is 0 Å². The Labute approximate surface area is 213 Å². The molecule has 184 valence electrons. The van der Waals surface area contributed by atoms with E-state index in [4.69, 9.17) is 0 Å². The topological polar surface area (TPSA) is 82.0 Å². The Bertz CT molecular complexity index is 1200. The van der Waals surface area contributed by atoms with Gasteiger partial charge in [0.1, 0.15) is 6.29 Å². The van der Waals surface area contributed by atoms with Crippen molar-refractivity contribution in [2.45, 2.75) is 38.8 Å². The van der Waals surface area contributed by atoms with Crippen molar-refractivity contribution in [3.8, 4) is 17.2 Å². The smallest absolute Gasteiger partial charge is 0.251 e. The average Bonchev–Trinajstić information content (AvgIpc) is 2.90. The molecule has 0 bridgehead atoms. The van der Waals surface area contributed by atoms with Crippen LogP contribution in [0.1, 0.15) is 36.2 Å². The van der Waals surface area contributed by atoms with Crippen molar-refractivity contribution in [2.75, 3.05) is 0 Å². The van der Waals surface area contributed by atoms with E-state index in [1.54, 1.807) is 6.07 Å². The van der Waals surface area contributed by atoms with E-state index in [2.05, 4.69) is 23.3 Å². The Balaban J connectivity index is 1.78. The van der Waals surface area contributed by atoms with Gasteiger partial charge in [0.05, 0.1) is 18.0 Å². The molecule has 3 rings (SSSR count). The number of aldehydes is 1. The van der Waals surface area contributed by atoms with Gasteiger partial charge in [-0.2, -0.15) is 5.26 Å². The first kappa shape index (κ1) is 26.4. The molecule has 0 radical (unpaired) electrons. The summed E-state index contributed by atoms with van der Waals surface area (Å²) in [6.07, 6.45) is 1.46. The highest BCUT2D eigenvalue weighted by atomic mass is 16.1. The quantitative estimate of drug-likeness (QED) is 0.334. The third-order valence-electron chi connectivity index (χ3n) is 6.23. The van der Waals surface area contributed by atoms with E-state index in [9.17, 15) is 14.9 Å². The molecule has 0 aromatic heterocycles. The van der Waals surface area contributed by atoms with Crippen molar-refractivity contribution in [3.63, 3.8) is 0 Å². The Hall–Kier alpha value is -4.17. The number of nitrogens with one attached hydrogen (secondary N) is 2. The fraction of sp³-hybridized carbons (Fsp3) is 0.258. The standard InChI is InChI=1S/C31H33N3O2/c1-22(2)30(34-31(36)27-16-10-15-26(20-27)25-13-8-5-9-14-25)23(3)33-29(28(21-32)17-18-35)19-24-11-6-4-7-12-24/h4-16,18,20,22,28-30,33H,3,17,19H2,1-2H3,(H,34,36). The first-order chi connectivity index (χ1) is 17.4. The molecule has 36 heavy (non-hydrogen) atoms. The lowest BCUT2D eigenvalue weighted by Gasteiger charge is -2.31. The van der Waals surface area contributed by atoms with Crippen molar-refractivity contribution < 1.29 is 9.59 Å². The van der Waals surface area contributed by atoms with Crippen LogP contribution in [0, 0.1) is 23.2 Å². The molecule has 3 aromatic carbocycles. The molecule has 0 aliphatic carbocycles. The van der Waals surface area contributed by atoms with Crippen LogP contribution in [0.3, 0.4) is 0 Å². The summed E-state index contributed by atoms with van der Waals surface area (Å²) in [7, 11) is 0. The summed E-state index contributed by atoms with van der Waals surface area (Å²) >= 11 is 0. The van der Waals surface area contributed by atoms with Crippen molar-refractivity contribution in [1.82, 2.24) is 10.6 Å². The first-order valence-electron chi connectivity index (χ1n) is 12.2. The van der Waals surface area contributed by atoms with Crippen molar-refractivity contribution >= 4 is 12.2 Å². The van der Waals surface area contributed by atoms with Crippen LogP contribution in [0.15, 0.2) is 97.2 Å². The number of hydrogen-bond acceptors (Lipinski definition) is 4. The minimum Gasteiger partial charge on any atom is -0.383 e. The van der Waals surface area contributed by atoms with Gasteiger partial charge in [-0.3, -0.25) is 4.79 Å². The Kier molecular flexibility index (Phi) is 9.59. The average molecular weight is 480 g/mol. The molecule has 0 spiro atoms. The second-order valence-corrected chi connectivity index (χ2v) is 9.25. The molecular weight excluding hydrogens is 446 g/mol. The number of carbonyl (C=O) groups is 2. The van der Waals surface area contributed by atoms with Gasteiger partial charge in [0.2, 0.25) is 0 Å². The Morgan fingerprint density at radius 2 is 1.58 bits per heavy atom. The van der Waals surface area contributed by atoms with Crippen LogP contribution in [-0.4, -0.2) is 24.3 Å². The van der Waals surface area contributed by atoms with E-state index in [1.165, 1.54) is 0 Å². The lowest BCUT2D eigenvalue weighted by atomic mass is 9.91. The number of benzene rings is 3. The summed E-state index contributed by atoms with van der Waals surface area (Å²) in [5, 5.41) is 16.2. The summed E-state index contributed by atoms with van der Waals surface area (Å²) < 4.78 is 0. The predicted molar refractivity (Wildman–Crippen MR) is 144 cm³/mol. The van der Waals surface area contributed by atoms with Gasteiger partial charge in [0.25, 0.3) is 5.91 Å². The zero-order valence-corrected chi connectivity index (χ0v) is 20.9. The number of hydrogen-bond donors (Lipinski definition) is 2. The lowest BCUT2D eigenvalue weighted by Crippen LogP contribution is -2.47. The highest BCUT2D eigenvalue weighted by Gasteiger charge is 2.26. The maximum atomic E-state index is 13.2. The maximum absolute atomic E-state index is 13.2. The summed E-state index contributed by atoms with van der Waals surface area (Å²) in [5.41, 5.74) is 4.24. The highest BCUT2D eigenvalue weighted by molar-refractivity contribution is 5.95. The number of nitriles is 1. The molecule has 0 aliphatic rings. The normalized spacial score (nSPS) is 13.2. The van der Waals surface area contributed by atoms with Crippen LogP contribution in [0.5, 0.6) is 0 Å². The Morgan fingerprint density at radius 1 is 0.944 bits per heavy atom. The Morgan fingerprint density at radius 3 is 2.19 bits per heavy atom. The largest absolute Gasteiger partial charge is 0.383 e. The van der Waals surface area contributed by atoms with Gasteiger partial charge in [0.15, 0.2) is 0 Å². The number of amides is 1. The van der Waals surface area contributed by atoms with Crippen LogP contribution in [0.25, 0.3) is 11.1 Å². The van der Waals surface area contributed by atoms with E-state index >= 15 is 0 Å². The molecule has 3 unspecified atom stereocenters. The molecule has 2 N–H and O–H groups in total. The third-order valence-corrected chi connectivity index (χ3v) is 6.23. The van der Waals surface area contributed by atoms with Gasteiger partial charge in [-0.25, -0.2) is 0 Å². The fourth-order valence-corrected chi connectivity index (χ4v) is 4.25. The minimum absolute atomic E-state index is 0.0511. The van der Waals surface area contributed by atoms with Crippen LogP contribution < -0.4 is 10.6 Å². The SMILES string of the molecule is C=C(NC(Cc1ccccc1)C(C#N)CC=O)C(NC(=O)c1cccc(-c2ccccc2)c1)C(C)C. The summed E-state index contributed by atoms with van der Waals surface area (Å²) in [6.45, 7) is 8.25. The van der Waals surface area contributed by atoms with Gasteiger partial charge in [-0.15, -0.1) is 0 Å². The third kappa shape index (κ3) is 7.16. The molecule has 3 atom stereocenters. The van der Waals surface area contributed by atoms with Gasteiger partial charge in [0, 0.05) is 23.7 Å². The molecule has 0 saturated carbocycles. The minimum atomic E-state index is -0.523. The van der Waals surface area contributed by atoms with Crippen molar-refractivity contribution in [1.29, 1.82) is 5.26 Å². The van der Waals surface area contributed by atoms with Crippen molar-refractivity contribution in [3.05, 3.63) is 108 Å². The maximum Gasteiger partial charge on any atom is 0.251 e. The summed E-state index contributed by atoms with van der Waals surface area (Å²) in [4.78, 5) is 24.5. The fourth-order valence-electron chi connectivity index (χ4n) is 4.25. The van der Waals surface area contributed by atoms with E-state index in [0.29, 0.717) is 17.7 Å². The molecule has 0 saturated heterocycles. The monoisotopic (exact) mass is 479 g/mol. The molecule has 0 aliphatic heterocycles. The first-order valence-corrected chi connectivity index (χ1v) is 12.2. The van der Waals surface area contributed by atoms with E-state index in [1.807, 2.05) is 92.7 Å². The molecular formula is C31H33N3O2. The zero-order chi connectivity index (χ0) is 25.9. The molecule has 3 aromatic rings. The molecule has 5 heteroatoms. The highest BCUT2D eigenvalue weighted by Crippen LogP contribution is 2.21. The van der Waals surface area contributed by atoms with Crippen molar-refractivity contribution in [2.24, 2.45) is 11.8 Å². The van der Waals surface area contributed by atoms with Crippen LogP contribution in [0.2, 0.25) is 0 Å². The van der Waals surface area contributed by atoms with Gasteiger partial charge >= 0.3 is 0 Å². The number of rotatable bonds is 12. The molecule has 5 nitrogen and oxygen atoms in total. The lowest BCUT2D eigenvalue weighted by molar-refractivity contribution is -0.108. The second kappa shape index (κ2) is 13.1. The van der Waals surface area contributed by atoms with Crippen LogP contribution in [-0.2, 0) is 11.2 Å². The van der Waals surface area contributed by atoms with Gasteiger partial charge in [-0.05, 0) is 41.2 Å². The zero-order valence-electron chi connectivity index (χ0n) is 20.9. The van der Waals surface area contributed by atoms with E-state index in [-0.39, 0.29) is 30.3 Å². The molecule has 0 fully saturated rings.